The highest BCUT2D eigenvalue weighted by Crippen LogP contribution is 2.25. The van der Waals surface area contributed by atoms with Crippen molar-refractivity contribution < 1.29 is 9.90 Å². The van der Waals surface area contributed by atoms with E-state index >= 15 is 0 Å². The number of hydrogen-bond acceptors (Lipinski definition) is 4. The third kappa shape index (κ3) is 3.57. The number of nitrogen functional groups attached to an aromatic ring is 1. The fraction of sp³-hybridized carbons (Fsp3) is 0.462. The second-order valence-corrected chi connectivity index (χ2v) is 5.31. The van der Waals surface area contributed by atoms with Gasteiger partial charge in [0.25, 0.3) is 0 Å². The highest BCUT2D eigenvalue weighted by atomic mass is 32.2. The zero-order valence-electron chi connectivity index (χ0n) is 11.0. The Morgan fingerprint density at radius 2 is 2.22 bits per heavy atom. The Kier molecular flexibility index (Phi) is 5.34. The molecular formula is C13H20N2O2S. The Hall–Kier alpha value is -1.36. The van der Waals surface area contributed by atoms with Crippen molar-refractivity contribution in [2.45, 2.75) is 19.4 Å². The van der Waals surface area contributed by atoms with E-state index < -0.39 is 5.97 Å². The Bertz CT molecular complexity index is 423. The van der Waals surface area contributed by atoms with Crippen LogP contribution in [-0.4, -0.2) is 36.2 Å². The fourth-order valence-corrected chi connectivity index (χ4v) is 2.33. The van der Waals surface area contributed by atoms with Crippen molar-refractivity contribution >= 4 is 29.1 Å². The molecule has 4 nitrogen and oxygen atoms in total. The highest BCUT2D eigenvalue weighted by Gasteiger charge is 2.17. The lowest BCUT2D eigenvalue weighted by molar-refractivity contribution is 0.0697. The van der Waals surface area contributed by atoms with Crippen molar-refractivity contribution in [1.29, 1.82) is 0 Å². The quantitative estimate of drug-likeness (QED) is 0.776. The molecule has 0 aliphatic carbocycles. The summed E-state index contributed by atoms with van der Waals surface area (Å²) in [4.78, 5) is 13.2. The van der Waals surface area contributed by atoms with Crippen molar-refractivity contribution in [1.82, 2.24) is 0 Å². The minimum atomic E-state index is -0.943. The van der Waals surface area contributed by atoms with Gasteiger partial charge in [-0.1, -0.05) is 0 Å². The highest BCUT2D eigenvalue weighted by molar-refractivity contribution is 7.98. The molecule has 0 aliphatic heterocycles. The van der Waals surface area contributed by atoms with Crippen molar-refractivity contribution in [2.75, 3.05) is 29.7 Å². The van der Waals surface area contributed by atoms with Gasteiger partial charge in [0.05, 0.1) is 11.3 Å². The van der Waals surface area contributed by atoms with Gasteiger partial charge >= 0.3 is 5.97 Å². The van der Waals surface area contributed by atoms with Gasteiger partial charge in [0.2, 0.25) is 0 Å². The predicted octanol–water partition coefficient (Wildman–Crippen LogP) is 2.54. The second-order valence-electron chi connectivity index (χ2n) is 4.32. The number of aromatic carboxylic acids is 1. The van der Waals surface area contributed by atoms with Crippen LogP contribution in [0.1, 0.15) is 23.7 Å². The van der Waals surface area contributed by atoms with Crippen LogP contribution in [0.3, 0.4) is 0 Å². The lowest BCUT2D eigenvalue weighted by Gasteiger charge is -2.28. The number of carboxylic acid groups (broad SMARTS) is 1. The van der Waals surface area contributed by atoms with Crippen LogP contribution >= 0.6 is 11.8 Å². The molecule has 0 saturated carbocycles. The number of nitrogens with two attached hydrogens (primary N) is 1. The maximum Gasteiger partial charge on any atom is 0.337 e. The van der Waals surface area contributed by atoms with Gasteiger partial charge in [-0.05, 0) is 43.6 Å². The molecule has 1 rings (SSSR count). The van der Waals surface area contributed by atoms with Crippen molar-refractivity contribution in [2.24, 2.45) is 0 Å². The molecule has 0 fully saturated rings. The molecule has 100 valence electrons. The molecule has 18 heavy (non-hydrogen) atoms. The third-order valence-corrected chi connectivity index (χ3v) is 3.68. The van der Waals surface area contributed by atoms with Gasteiger partial charge < -0.3 is 15.7 Å². The molecule has 1 atom stereocenters. The lowest BCUT2D eigenvalue weighted by Crippen LogP contribution is -2.30. The standard InChI is InChI=1S/C13H20N2O2S/c1-9(6-7-18-3)15(2)12-5-4-10(14)8-11(12)13(16)17/h4-5,8-9H,6-7,14H2,1-3H3,(H,16,17). The van der Waals surface area contributed by atoms with Gasteiger partial charge in [-0.3, -0.25) is 0 Å². The molecule has 0 radical (unpaired) electrons. The van der Waals surface area contributed by atoms with E-state index in [0.717, 1.165) is 12.2 Å². The van der Waals surface area contributed by atoms with Crippen LogP contribution in [0, 0.1) is 0 Å². The van der Waals surface area contributed by atoms with Gasteiger partial charge in [0, 0.05) is 18.8 Å². The van der Waals surface area contributed by atoms with E-state index in [1.165, 1.54) is 6.07 Å². The number of thioether (sulfide) groups is 1. The zero-order chi connectivity index (χ0) is 13.7. The minimum Gasteiger partial charge on any atom is -0.478 e. The molecule has 0 bridgehead atoms. The number of rotatable bonds is 6. The third-order valence-electron chi connectivity index (χ3n) is 3.03. The molecule has 0 amide bonds. The summed E-state index contributed by atoms with van der Waals surface area (Å²) >= 11 is 1.79. The topological polar surface area (TPSA) is 66.6 Å². The Morgan fingerprint density at radius 1 is 1.56 bits per heavy atom. The van der Waals surface area contributed by atoms with E-state index in [1.54, 1.807) is 23.9 Å². The summed E-state index contributed by atoms with van der Waals surface area (Å²) < 4.78 is 0. The summed E-state index contributed by atoms with van der Waals surface area (Å²) in [6.45, 7) is 2.10. The second kappa shape index (κ2) is 6.54. The van der Waals surface area contributed by atoms with Crippen LogP contribution in [0.4, 0.5) is 11.4 Å². The molecule has 0 saturated heterocycles. The van der Waals surface area contributed by atoms with Crippen LogP contribution in [0.2, 0.25) is 0 Å². The number of nitrogens with zero attached hydrogens (tertiary/aromatic N) is 1. The van der Waals surface area contributed by atoms with E-state index in [4.69, 9.17) is 5.73 Å². The number of carbonyl (C=O) groups is 1. The summed E-state index contributed by atoms with van der Waals surface area (Å²) in [5.41, 5.74) is 7.08. The normalized spacial score (nSPS) is 12.2. The summed E-state index contributed by atoms with van der Waals surface area (Å²) in [5.74, 6) is 0.115. The van der Waals surface area contributed by atoms with Gasteiger partial charge in [0.1, 0.15) is 0 Å². The molecule has 1 aromatic carbocycles. The molecule has 5 heteroatoms. The number of benzene rings is 1. The summed E-state index contributed by atoms with van der Waals surface area (Å²) in [6.07, 6.45) is 3.08. The van der Waals surface area contributed by atoms with Crippen molar-refractivity contribution in [3.63, 3.8) is 0 Å². The van der Waals surface area contributed by atoms with E-state index in [-0.39, 0.29) is 5.56 Å². The molecule has 1 aromatic rings. The SMILES string of the molecule is CSCCC(C)N(C)c1ccc(N)cc1C(=O)O. The van der Waals surface area contributed by atoms with Crippen LogP contribution in [0.15, 0.2) is 18.2 Å². The molecule has 0 aromatic heterocycles. The summed E-state index contributed by atoms with van der Waals surface area (Å²) in [6, 6.07) is 5.31. The van der Waals surface area contributed by atoms with Gasteiger partial charge in [-0.15, -0.1) is 0 Å². The smallest absolute Gasteiger partial charge is 0.337 e. The summed E-state index contributed by atoms with van der Waals surface area (Å²) in [7, 11) is 1.92. The molecule has 3 N–H and O–H groups in total. The molecular weight excluding hydrogens is 248 g/mol. The molecule has 0 spiro atoms. The first-order chi connectivity index (χ1) is 8.47. The number of hydrogen-bond donors (Lipinski definition) is 2. The maximum absolute atomic E-state index is 11.2. The van der Waals surface area contributed by atoms with Crippen LogP contribution < -0.4 is 10.6 Å². The van der Waals surface area contributed by atoms with E-state index in [0.29, 0.717) is 17.4 Å². The lowest BCUT2D eigenvalue weighted by atomic mass is 10.1. The van der Waals surface area contributed by atoms with Gasteiger partial charge in [0.15, 0.2) is 0 Å². The largest absolute Gasteiger partial charge is 0.478 e. The van der Waals surface area contributed by atoms with Crippen molar-refractivity contribution in [3.8, 4) is 0 Å². The number of anilines is 2. The van der Waals surface area contributed by atoms with Gasteiger partial charge in [-0.2, -0.15) is 11.8 Å². The predicted molar refractivity (Wildman–Crippen MR) is 78.7 cm³/mol. The zero-order valence-corrected chi connectivity index (χ0v) is 11.8. The van der Waals surface area contributed by atoms with Crippen LogP contribution in [0.5, 0.6) is 0 Å². The average molecular weight is 268 g/mol. The number of carboxylic acids is 1. The monoisotopic (exact) mass is 268 g/mol. The first-order valence-corrected chi connectivity index (χ1v) is 7.21. The van der Waals surface area contributed by atoms with E-state index in [1.807, 2.05) is 11.9 Å². The summed E-state index contributed by atoms with van der Waals surface area (Å²) in [5, 5.41) is 9.21. The first-order valence-electron chi connectivity index (χ1n) is 5.82. The van der Waals surface area contributed by atoms with Crippen molar-refractivity contribution in [3.05, 3.63) is 23.8 Å². The first kappa shape index (κ1) is 14.7. The van der Waals surface area contributed by atoms with Gasteiger partial charge in [-0.25, -0.2) is 4.79 Å². The van der Waals surface area contributed by atoms with E-state index in [2.05, 4.69) is 13.2 Å². The Morgan fingerprint density at radius 3 is 2.78 bits per heavy atom. The molecule has 1 unspecified atom stereocenters. The minimum absolute atomic E-state index is 0.258. The molecule has 0 aliphatic rings. The molecule has 0 heterocycles. The average Bonchev–Trinajstić information content (AvgIpc) is 2.34. The van der Waals surface area contributed by atoms with Crippen LogP contribution in [-0.2, 0) is 0 Å². The fourth-order valence-electron chi connectivity index (χ4n) is 1.75. The maximum atomic E-state index is 11.2. The van der Waals surface area contributed by atoms with E-state index in [9.17, 15) is 9.90 Å². The van der Waals surface area contributed by atoms with Crippen LogP contribution in [0.25, 0.3) is 0 Å². The Labute approximate surface area is 112 Å². The Balaban J connectivity index is 2.97.